The van der Waals surface area contributed by atoms with E-state index in [-0.39, 0.29) is 29.8 Å². The molecule has 0 saturated heterocycles. The lowest BCUT2D eigenvalue weighted by Gasteiger charge is -2.10. The van der Waals surface area contributed by atoms with Crippen LogP contribution < -0.4 is 16.4 Å². The van der Waals surface area contributed by atoms with Gasteiger partial charge in [0.15, 0.2) is 0 Å². The molecule has 0 unspecified atom stereocenters. The molecule has 0 heterocycles. The molecule has 0 aliphatic carbocycles. The van der Waals surface area contributed by atoms with Crippen LogP contribution in [-0.4, -0.2) is 24.3 Å². The van der Waals surface area contributed by atoms with Crippen LogP contribution in [-0.2, 0) is 9.59 Å². The first kappa shape index (κ1) is 19.8. The zero-order valence-electron chi connectivity index (χ0n) is 14.2. The molecule has 0 saturated carbocycles. The Bertz CT molecular complexity index is 877. The topological polar surface area (TPSA) is 101 Å². The molecule has 0 aliphatic rings. The molecule has 4 N–H and O–H groups in total. The van der Waals surface area contributed by atoms with Crippen LogP contribution in [0.25, 0.3) is 6.08 Å². The summed E-state index contributed by atoms with van der Waals surface area (Å²) in [5.41, 5.74) is 5.04. The van der Waals surface area contributed by atoms with E-state index in [2.05, 4.69) is 10.6 Å². The normalized spacial score (nSPS) is 10.6. The average molecular weight is 373 g/mol. The molecule has 0 aromatic heterocycles. The number of nitrogens with two attached hydrogens (primary N) is 1. The molecule has 2 rings (SSSR count). The third kappa shape index (κ3) is 5.74. The highest BCUT2D eigenvalue weighted by Gasteiger charge is 2.12. The largest absolute Gasteiger partial charge is 0.370 e. The highest BCUT2D eigenvalue weighted by atomic mass is 19.1. The first-order valence-corrected chi connectivity index (χ1v) is 7.97. The fourth-order valence-electron chi connectivity index (χ4n) is 2.19. The number of carbonyl (C=O) groups excluding carboxylic acids is 3. The summed E-state index contributed by atoms with van der Waals surface area (Å²) in [6.07, 6.45) is 1.95. The first-order valence-electron chi connectivity index (χ1n) is 7.97. The molecule has 0 atom stereocenters. The van der Waals surface area contributed by atoms with E-state index >= 15 is 0 Å². The van der Waals surface area contributed by atoms with Crippen molar-refractivity contribution >= 4 is 29.5 Å². The van der Waals surface area contributed by atoms with Crippen LogP contribution in [0.2, 0.25) is 0 Å². The van der Waals surface area contributed by atoms with E-state index in [0.717, 1.165) is 24.3 Å². The van der Waals surface area contributed by atoms with Crippen LogP contribution in [0.1, 0.15) is 22.3 Å². The monoisotopic (exact) mass is 373 g/mol. The Balaban J connectivity index is 2.09. The van der Waals surface area contributed by atoms with Gasteiger partial charge in [0, 0.05) is 24.6 Å². The minimum atomic E-state index is -0.798. The molecule has 0 bridgehead atoms. The van der Waals surface area contributed by atoms with Gasteiger partial charge in [0.05, 0.1) is 11.3 Å². The van der Waals surface area contributed by atoms with Gasteiger partial charge in [-0.2, -0.15) is 0 Å². The summed E-state index contributed by atoms with van der Waals surface area (Å²) in [5, 5.41) is 4.99. The molecule has 2 aromatic rings. The molecule has 8 heteroatoms. The maximum Gasteiger partial charge on any atom is 0.253 e. The molecule has 0 spiro atoms. The Morgan fingerprint density at radius 1 is 1.00 bits per heavy atom. The van der Waals surface area contributed by atoms with E-state index in [4.69, 9.17) is 5.73 Å². The van der Waals surface area contributed by atoms with Gasteiger partial charge in [-0.1, -0.05) is 18.2 Å². The van der Waals surface area contributed by atoms with E-state index in [0.29, 0.717) is 0 Å². The minimum absolute atomic E-state index is 0.0167. The molecule has 140 valence electrons. The Labute approximate surface area is 154 Å². The fourth-order valence-corrected chi connectivity index (χ4v) is 2.19. The summed E-state index contributed by atoms with van der Waals surface area (Å²) in [6.45, 7) is 0.0584. The van der Waals surface area contributed by atoms with Gasteiger partial charge in [-0.25, -0.2) is 8.78 Å². The number of halogens is 2. The van der Waals surface area contributed by atoms with E-state index in [9.17, 15) is 23.2 Å². The third-order valence-electron chi connectivity index (χ3n) is 3.49. The quantitative estimate of drug-likeness (QED) is 0.649. The zero-order valence-corrected chi connectivity index (χ0v) is 14.2. The van der Waals surface area contributed by atoms with Crippen molar-refractivity contribution in [3.05, 3.63) is 71.3 Å². The van der Waals surface area contributed by atoms with E-state index in [1.807, 2.05) is 0 Å². The van der Waals surface area contributed by atoms with Crippen LogP contribution in [0.5, 0.6) is 0 Å². The minimum Gasteiger partial charge on any atom is -0.370 e. The third-order valence-corrected chi connectivity index (χ3v) is 3.49. The predicted molar refractivity (Wildman–Crippen MR) is 96.6 cm³/mol. The van der Waals surface area contributed by atoms with Crippen molar-refractivity contribution in [3.63, 3.8) is 0 Å². The predicted octanol–water partition coefficient (Wildman–Crippen LogP) is 2.22. The Morgan fingerprint density at radius 3 is 2.33 bits per heavy atom. The second-order valence-electron chi connectivity index (χ2n) is 5.48. The number of carbonyl (C=O) groups is 3. The number of rotatable bonds is 7. The van der Waals surface area contributed by atoms with Gasteiger partial charge in [-0.3, -0.25) is 14.4 Å². The van der Waals surface area contributed by atoms with Gasteiger partial charge in [0.2, 0.25) is 11.8 Å². The second kappa shape index (κ2) is 9.23. The van der Waals surface area contributed by atoms with Gasteiger partial charge in [0.1, 0.15) is 11.6 Å². The number of hydrogen-bond donors (Lipinski definition) is 3. The molecule has 0 radical (unpaired) electrons. The van der Waals surface area contributed by atoms with Crippen molar-refractivity contribution in [1.82, 2.24) is 5.32 Å². The molecule has 2 aromatic carbocycles. The van der Waals surface area contributed by atoms with Crippen LogP contribution in [0.3, 0.4) is 0 Å². The lowest BCUT2D eigenvalue weighted by atomic mass is 10.1. The number of hydrogen-bond acceptors (Lipinski definition) is 3. The maximum absolute atomic E-state index is 13.6. The Morgan fingerprint density at radius 2 is 1.67 bits per heavy atom. The van der Waals surface area contributed by atoms with Gasteiger partial charge in [-0.15, -0.1) is 0 Å². The van der Waals surface area contributed by atoms with Gasteiger partial charge >= 0.3 is 0 Å². The zero-order chi connectivity index (χ0) is 19.8. The molecule has 6 nitrogen and oxygen atoms in total. The first-order chi connectivity index (χ1) is 12.9. The molecular weight excluding hydrogens is 356 g/mol. The van der Waals surface area contributed by atoms with Gasteiger partial charge in [0.25, 0.3) is 5.91 Å². The lowest BCUT2D eigenvalue weighted by molar-refractivity contribution is -0.118. The molecular formula is C19H17F2N3O3. The summed E-state index contributed by atoms with van der Waals surface area (Å²) in [5.74, 6) is -3.32. The number of anilines is 1. The standard InChI is InChI=1S/C19H17F2N3O3/c20-14-5-3-6-15(21)12(14)8-9-18(26)24-16-7-2-1-4-13(16)19(27)23-11-10-17(22)25/h1-9H,10-11H2,(H2,22,25)(H,23,27)(H,24,26). The highest BCUT2D eigenvalue weighted by molar-refractivity contribution is 6.07. The fraction of sp³-hybridized carbons (Fsp3) is 0.105. The number of nitrogens with one attached hydrogen (secondary N) is 2. The summed E-state index contributed by atoms with van der Waals surface area (Å²) >= 11 is 0. The van der Waals surface area contributed by atoms with Gasteiger partial charge in [-0.05, 0) is 30.3 Å². The van der Waals surface area contributed by atoms with Crippen LogP contribution in [0.15, 0.2) is 48.5 Å². The van der Waals surface area contributed by atoms with Crippen molar-refractivity contribution in [2.75, 3.05) is 11.9 Å². The van der Waals surface area contributed by atoms with E-state index < -0.39 is 29.4 Å². The van der Waals surface area contributed by atoms with Gasteiger partial charge < -0.3 is 16.4 Å². The molecule has 0 aliphatic heterocycles. The highest BCUT2D eigenvalue weighted by Crippen LogP contribution is 2.16. The maximum atomic E-state index is 13.6. The Hall–Kier alpha value is -3.55. The SMILES string of the molecule is NC(=O)CCNC(=O)c1ccccc1NC(=O)C=Cc1c(F)cccc1F. The van der Waals surface area contributed by atoms with Crippen molar-refractivity contribution in [2.24, 2.45) is 5.73 Å². The van der Waals surface area contributed by atoms with Crippen molar-refractivity contribution in [1.29, 1.82) is 0 Å². The van der Waals surface area contributed by atoms with E-state index in [1.54, 1.807) is 12.1 Å². The molecule has 27 heavy (non-hydrogen) atoms. The number of amides is 3. The Kier molecular flexibility index (Phi) is 6.76. The number of para-hydroxylation sites is 1. The molecule has 3 amide bonds. The average Bonchev–Trinajstić information content (AvgIpc) is 2.61. The van der Waals surface area contributed by atoms with Crippen LogP contribution in [0, 0.1) is 11.6 Å². The van der Waals surface area contributed by atoms with Crippen LogP contribution in [0.4, 0.5) is 14.5 Å². The van der Waals surface area contributed by atoms with Crippen molar-refractivity contribution < 1.29 is 23.2 Å². The number of benzene rings is 2. The molecule has 0 fully saturated rings. The lowest BCUT2D eigenvalue weighted by Crippen LogP contribution is -2.28. The number of primary amides is 1. The van der Waals surface area contributed by atoms with E-state index in [1.165, 1.54) is 18.2 Å². The summed E-state index contributed by atoms with van der Waals surface area (Å²) in [6, 6.07) is 9.56. The van der Waals surface area contributed by atoms with Crippen LogP contribution >= 0.6 is 0 Å². The summed E-state index contributed by atoms with van der Waals surface area (Å²) in [7, 11) is 0. The summed E-state index contributed by atoms with van der Waals surface area (Å²) < 4.78 is 27.1. The summed E-state index contributed by atoms with van der Waals surface area (Å²) in [4.78, 5) is 34.9. The van der Waals surface area contributed by atoms with Crippen molar-refractivity contribution in [2.45, 2.75) is 6.42 Å². The second-order valence-corrected chi connectivity index (χ2v) is 5.48. The smallest absolute Gasteiger partial charge is 0.253 e. The van der Waals surface area contributed by atoms with Crippen molar-refractivity contribution in [3.8, 4) is 0 Å².